The van der Waals surface area contributed by atoms with Crippen molar-refractivity contribution in [1.82, 2.24) is 0 Å². The summed E-state index contributed by atoms with van der Waals surface area (Å²) in [5.41, 5.74) is 1.79. The van der Waals surface area contributed by atoms with E-state index >= 15 is 0 Å². The molecule has 24 heavy (non-hydrogen) atoms. The molecule has 1 aromatic heterocycles. The Bertz CT molecular complexity index is 544. The van der Waals surface area contributed by atoms with Crippen molar-refractivity contribution < 1.29 is 14.4 Å². The molecule has 0 aliphatic heterocycles. The van der Waals surface area contributed by atoms with Gasteiger partial charge in [-0.3, -0.25) is 9.59 Å². The predicted octanol–water partition coefficient (Wildman–Crippen LogP) is 4.87. The van der Waals surface area contributed by atoms with Crippen LogP contribution in [0.1, 0.15) is 56.3 Å². The van der Waals surface area contributed by atoms with Crippen molar-refractivity contribution in [2.24, 2.45) is 0 Å². The molecule has 6 heteroatoms. The summed E-state index contributed by atoms with van der Waals surface area (Å²) in [5.74, 6) is 0.120. The van der Waals surface area contributed by atoms with E-state index in [1.54, 1.807) is 6.92 Å². The maximum absolute atomic E-state index is 12.9. The number of thiophene rings is 1. The van der Waals surface area contributed by atoms with Crippen molar-refractivity contribution in [2.75, 3.05) is 23.8 Å². The van der Waals surface area contributed by atoms with E-state index in [-0.39, 0.29) is 17.3 Å². The molecule has 1 atom stereocenters. The van der Waals surface area contributed by atoms with Gasteiger partial charge >= 0.3 is 0 Å². The van der Waals surface area contributed by atoms with Gasteiger partial charge in [0, 0.05) is 14.2 Å². The second kappa shape index (κ2) is 10.7. The van der Waals surface area contributed by atoms with E-state index in [9.17, 15) is 9.59 Å². The maximum atomic E-state index is 12.9. The Morgan fingerprint density at radius 1 is 1.17 bits per heavy atom. The highest BCUT2D eigenvalue weighted by Crippen LogP contribution is 2.63. The van der Waals surface area contributed by atoms with E-state index in [1.165, 1.54) is 11.3 Å². The van der Waals surface area contributed by atoms with Crippen LogP contribution >= 0.6 is 18.6 Å². The molecule has 0 aromatic carbocycles. The Labute approximate surface area is 150 Å². The molecule has 1 rings (SSSR count). The number of aryl methyl sites for hydroxylation is 1. The molecule has 4 nitrogen and oxygen atoms in total. The lowest BCUT2D eigenvalue weighted by atomic mass is 10.2. The zero-order chi connectivity index (χ0) is 18.9. The second-order valence-electron chi connectivity index (χ2n) is 5.76. The molecule has 1 N–H and O–H groups in total. The summed E-state index contributed by atoms with van der Waals surface area (Å²) in [7, 11) is -1.27. The van der Waals surface area contributed by atoms with Gasteiger partial charge in [-0.05, 0) is 45.1 Å². The molecule has 0 spiro atoms. The molecule has 0 bridgehead atoms. The number of rotatable bonds is 8. The molecule has 0 saturated heterocycles. The number of hydrogen-bond acceptors (Lipinski definition) is 4. The van der Waals surface area contributed by atoms with E-state index in [0.717, 1.165) is 36.2 Å². The number of Topliss-reactive ketones (excluding diaryl/α,β-unsaturated/α-hetero) is 1. The number of ketones is 1. The summed E-state index contributed by atoms with van der Waals surface area (Å²) in [6.07, 6.45) is 4.18. The Morgan fingerprint density at radius 2 is 1.67 bits per heavy atom. The quantitative estimate of drug-likeness (QED) is 0.523. The lowest BCUT2D eigenvalue weighted by Crippen LogP contribution is -2.33. The van der Waals surface area contributed by atoms with Crippen LogP contribution < -0.4 is 5.32 Å². The lowest BCUT2D eigenvalue weighted by molar-refractivity contribution is -0.115. The fourth-order valence-corrected chi connectivity index (χ4v) is 8.13. The van der Waals surface area contributed by atoms with Crippen LogP contribution in [0.15, 0.2) is 5.38 Å². The second-order valence-corrected chi connectivity index (χ2v) is 11.6. The minimum atomic E-state index is -1.27. The number of anilines is 1. The molecule has 0 radical (unpaired) electrons. The standard InChI is InChI=1S/C17H28NO2PS.CH2O/c1-7-14(21(8-2,9-3)10-4)17(20)18-15-12(5)11-22-16(15)13(6)19;1-2/h11,14H,7-10H2,1-6H3;1H2/p+1. The first-order valence-electron chi connectivity index (χ1n) is 8.41. The normalized spacial score (nSPS) is 12.1. The highest BCUT2D eigenvalue weighted by molar-refractivity contribution is 7.77. The van der Waals surface area contributed by atoms with Gasteiger partial charge in [0.1, 0.15) is 12.4 Å². The van der Waals surface area contributed by atoms with Crippen LogP contribution in [0, 0.1) is 6.92 Å². The number of nitrogens with one attached hydrogen (secondary N) is 1. The van der Waals surface area contributed by atoms with Crippen molar-refractivity contribution in [2.45, 2.75) is 53.6 Å². The minimum Gasteiger partial charge on any atom is -0.321 e. The van der Waals surface area contributed by atoms with E-state index in [2.05, 4.69) is 33.0 Å². The van der Waals surface area contributed by atoms with E-state index < -0.39 is 7.26 Å². The monoisotopic (exact) mass is 372 g/mol. The van der Waals surface area contributed by atoms with Crippen LogP contribution in [0.3, 0.4) is 0 Å². The number of carbonyl (C=O) groups excluding carboxylic acids is 3. The summed E-state index contributed by atoms with van der Waals surface area (Å²) < 4.78 is 0. The fourth-order valence-electron chi connectivity index (χ4n) is 3.22. The van der Waals surface area contributed by atoms with Gasteiger partial charge in [-0.2, -0.15) is 0 Å². The van der Waals surface area contributed by atoms with Gasteiger partial charge < -0.3 is 10.1 Å². The van der Waals surface area contributed by atoms with Crippen LogP contribution in [0.25, 0.3) is 0 Å². The van der Waals surface area contributed by atoms with Gasteiger partial charge in [0.15, 0.2) is 5.78 Å². The zero-order valence-corrected chi connectivity index (χ0v) is 17.5. The summed E-state index contributed by atoms with van der Waals surface area (Å²) in [6.45, 7) is 14.3. The van der Waals surface area contributed by atoms with E-state index in [1.807, 2.05) is 19.1 Å². The molecule has 1 amide bonds. The van der Waals surface area contributed by atoms with Gasteiger partial charge in [0.25, 0.3) is 5.91 Å². The molecule has 1 unspecified atom stereocenters. The van der Waals surface area contributed by atoms with E-state index in [0.29, 0.717) is 4.88 Å². The Hall–Kier alpha value is -1.06. The molecule has 0 saturated carbocycles. The number of carbonyl (C=O) groups is 3. The number of hydrogen-bond donors (Lipinski definition) is 1. The van der Waals surface area contributed by atoms with Crippen molar-refractivity contribution in [1.29, 1.82) is 0 Å². The first-order valence-corrected chi connectivity index (χ1v) is 11.7. The Morgan fingerprint density at radius 3 is 2.04 bits per heavy atom. The topological polar surface area (TPSA) is 63.2 Å². The van der Waals surface area contributed by atoms with Crippen LogP contribution in [0.2, 0.25) is 0 Å². The predicted molar refractivity (Wildman–Crippen MR) is 107 cm³/mol. The number of amides is 1. The molecular formula is C18H31NO3PS+. The van der Waals surface area contributed by atoms with Crippen LogP contribution in [-0.2, 0) is 9.59 Å². The molecule has 136 valence electrons. The van der Waals surface area contributed by atoms with Gasteiger partial charge in [-0.25, -0.2) is 0 Å². The molecule has 1 aromatic rings. The maximum Gasteiger partial charge on any atom is 0.265 e. The summed E-state index contributed by atoms with van der Waals surface area (Å²) >= 11 is 1.42. The van der Waals surface area contributed by atoms with Gasteiger partial charge in [0.2, 0.25) is 0 Å². The summed E-state index contributed by atoms with van der Waals surface area (Å²) in [4.78, 5) is 33.3. The Kier molecular flexibility index (Phi) is 10.3. The third kappa shape index (κ3) is 4.97. The van der Waals surface area contributed by atoms with Crippen molar-refractivity contribution in [3.05, 3.63) is 15.8 Å². The average Bonchev–Trinajstić information content (AvgIpc) is 2.95. The third-order valence-corrected chi connectivity index (χ3v) is 11.7. The van der Waals surface area contributed by atoms with Crippen molar-refractivity contribution in [3.63, 3.8) is 0 Å². The highest BCUT2D eigenvalue weighted by atomic mass is 32.1. The summed E-state index contributed by atoms with van der Waals surface area (Å²) in [5, 5.41) is 5.02. The molecule has 1 heterocycles. The zero-order valence-electron chi connectivity index (χ0n) is 15.8. The third-order valence-electron chi connectivity index (χ3n) is 4.78. The highest BCUT2D eigenvalue weighted by Gasteiger charge is 2.44. The minimum absolute atomic E-state index is 0.0176. The van der Waals surface area contributed by atoms with Crippen LogP contribution in [0.4, 0.5) is 5.69 Å². The average molecular weight is 372 g/mol. The van der Waals surface area contributed by atoms with Crippen LogP contribution in [0.5, 0.6) is 0 Å². The molecule has 0 fully saturated rings. The smallest absolute Gasteiger partial charge is 0.265 e. The molecule has 0 aliphatic carbocycles. The SMILES string of the molecule is C=O.CCC(C(=O)Nc1c(C)csc1C(C)=O)[P+](CC)(CC)CC. The first kappa shape index (κ1) is 22.9. The largest absolute Gasteiger partial charge is 0.321 e. The van der Waals surface area contributed by atoms with Crippen LogP contribution in [-0.4, -0.2) is 42.6 Å². The van der Waals surface area contributed by atoms with Gasteiger partial charge in [-0.1, -0.05) is 6.92 Å². The van der Waals surface area contributed by atoms with Crippen molar-refractivity contribution in [3.8, 4) is 0 Å². The fraction of sp³-hybridized carbons (Fsp3) is 0.611. The van der Waals surface area contributed by atoms with E-state index in [4.69, 9.17) is 4.79 Å². The molecular weight excluding hydrogens is 341 g/mol. The van der Waals surface area contributed by atoms with Gasteiger partial charge in [0.05, 0.1) is 29.1 Å². The molecule has 0 aliphatic rings. The summed E-state index contributed by atoms with van der Waals surface area (Å²) in [6, 6.07) is 0. The first-order chi connectivity index (χ1) is 11.4. The van der Waals surface area contributed by atoms with Gasteiger partial charge in [-0.15, -0.1) is 11.3 Å². The lowest BCUT2D eigenvalue weighted by Gasteiger charge is -2.31. The van der Waals surface area contributed by atoms with Crippen molar-refractivity contribution >= 4 is 42.8 Å². The Balaban J connectivity index is 0.00000254.